The largest absolute Gasteiger partial charge is 0.382 e. The van der Waals surface area contributed by atoms with Crippen LogP contribution in [0.2, 0.25) is 0 Å². The van der Waals surface area contributed by atoms with Crippen molar-refractivity contribution < 1.29 is 12.6 Å². The normalized spacial score (nSPS) is 13.4. The van der Waals surface area contributed by atoms with Crippen molar-refractivity contribution in [2.24, 2.45) is 5.92 Å². The number of hydrogen-bond acceptors (Lipinski definition) is 3. The quantitative estimate of drug-likeness (QED) is 0.746. The van der Waals surface area contributed by atoms with E-state index in [1.807, 2.05) is 32.9 Å². The molecule has 0 amide bonds. The zero-order valence-electron chi connectivity index (χ0n) is 9.93. The van der Waals surface area contributed by atoms with Gasteiger partial charge >= 0.3 is 10.1 Å². The van der Waals surface area contributed by atoms with E-state index in [0.29, 0.717) is 5.75 Å². The lowest BCUT2D eigenvalue weighted by atomic mass is 10.2. The van der Waals surface area contributed by atoms with E-state index < -0.39 is 10.1 Å². The fraction of sp³-hybridized carbons (Fsp3) is 0.500. The molecule has 1 unspecified atom stereocenters. The van der Waals surface area contributed by atoms with Gasteiger partial charge in [0.15, 0.2) is 0 Å². The average Bonchev–Trinajstić information content (AvgIpc) is 2.20. The molecule has 1 atom stereocenters. The van der Waals surface area contributed by atoms with E-state index in [9.17, 15) is 8.42 Å². The maximum atomic E-state index is 11.6. The maximum Gasteiger partial charge on any atom is 0.309 e. The number of benzene rings is 1. The van der Waals surface area contributed by atoms with Gasteiger partial charge in [0, 0.05) is 0 Å². The van der Waals surface area contributed by atoms with E-state index >= 15 is 0 Å². The molecule has 1 rings (SSSR count). The first-order valence-corrected chi connectivity index (χ1v) is 6.99. The summed E-state index contributed by atoms with van der Waals surface area (Å²) >= 11 is 0. The molecule has 1 aromatic carbocycles. The molecule has 16 heavy (non-hydrogen) atoms. The van der Waals surface area contributed by atoms with Gasteiger partial charge in [0.1, 0.15) is 5.75 Å². The fourth-order valence-corrected chi connectivity index (χ4v) is 2.65. The van der Waals surface area contributed by atoms with Crippen molar-refractivity contribution in [2.75, 3.05) is 5.75 Å². The Morgan fingerprint density at radius 2 is 1.81 bits per heavy atom. The van der Waals surface area contributed by atoms with Crippen LogP contribution >= 0.6 is 0 Å². The smallest absolute Gasteiger partial charge is 0.309 e. The summed E-state index contributed by atoms with van der Waals surface area (Å²) in [6, 6.07) is 7.00. The Labute approximate surface area is 97.6 Å². The van der Waals surface area contributed by atoms with Gasteiger partial charge in [0.2, 0.25) is 0 Å². The van der Waals surface area contributed by atoms with Gasteiger partial charge in [-0.25, -0.2) is 0 Å². The minimum absolute atomic E-state index is 0.0668. The Hall–Kier alpha value is -1.03. The van der Waals surface area contributed by atoms with Gasteiger partial charge in [0.05, 0.1) is 5.75 Å². The molecule has 0 fully saturated rings. The molecule has 0 aliphatic heterocycles. The average molecular weight is 242 g/mol. The molecule has 0 heterocycles. The minimum atomic E-state index is -3.46. The summed E-state index contributed by atoms with van der Waals surface area (Å²) in [5, 5.41) is 0. The molecular formula is C12H18O3S. The minimum Gasteiger partial charge on any atom is -0.382 e. The summed E-state index contributed by atoms with van der Waals surface area (Å²) in [4.78, 5) is 0. The Kier molecular flexibility index (Phi) is 4.35. The fourth-order valence-electron chi connectivity index (χ4n) is 1.24. The predicted molar refractivity (Wildman–Crippen MR) is 65.0 cm³/mol. The highest BCUT2D eigenvalue weighted by atomic mass is 32.2. The second-order valence-corrected chi connectivity index (χ2v) is 5.75. The van der Waals surface area contributed by atoms with Crippen LogP contribution in [0.5, 0.6) is 5.75 Å². The summed E-state index contributed by atoms with van der Waals surface area (Å²) in [6.07, 6.45) is 0.830. The molecule has 0 saturated heterocycles. The van der Waals surface area contributed by atoms with E-state index in [4.69, 9.17) is 4.18 Å². The van der Waals surface area contributed by atoms with Gasteiger partial charge in [-0.15, -0.1) is 0 Å². The van der Waals surface area contributed by atoms with Crippen molar-refractivity contribution in [3.05, 3.63) is 29.8 Å². The van der Waals surface area contributed by atoms with E-state index in [-0.39, 0.29) is 11.7 Å². The Balaban J connectivity index is 2.69. The van der Waals surface area contributed by atoms with E-state index in [0.717, 1.165) is 12.0 Å². The Bertz CT molecular complexity index is 420. The Morgan fingerprint density at radius 1 is 1.25 bits per heavy atom. The van der Waals surface area contributed by atoms with Crippen molar-refractivity contribution in [3.63, 3.8) is 0 Å². The summed E-state index contributed by atoms with van der Waals surface area (Å²) in [7, 11) is -3.46. The van der Waals surface area contributed by atoms with Crippen molar-refractivity contribution in [1.29, 1.82) is 0 Å². The molecule has 90 valence electrons. The van der Waals surface area contributed by atoms with Crippen molar-refractivity contribution in [2.45, 2.75) is 27.2 Å². The van der Waals surface area contributed by atoms with Gasteiger partial charge in [0.25, 0.3) is 0 Å². The van der Waals surface area contributed by atoms with Gasteiger partial charge < -0.3 is 4.18 Å². The number of rotatable bonds is 5. The van der Waals surface area contributed by atoms with Crippen LogP contribution in [0.1, 0.15) is 25.8 Å². The molecular weight excluding hydrogens is 224 g/mol. The van der Waals surface area contributed by atoms with E-state index in [2.05, 4.69) is 0 Å². The van der Waals surface area contributed by atoms with Gasteiger partial charge in [-0.2, -0.15) is 8.42 Å². The highest BCUT2D eigenvalue weighted by Gasteiger charge is 2.16. The molecule has 1 aromatic rings. The van der Waals surface area contributed by atoms with Crippen LogP contribution in [0.3, 0.4) is 0 Å². The molecule has 0 N–H and O–H groups in total. The molecule has 0 aliphatic carbocycles. The highest BCUT2D eigenvalue weighted by Crippen LogP contribution is 2.16. The zero-order valence-corrected chi connectivity index (χ0v) is 10.8. The lowest BCUT2D eigenvalue weighted by Gasteiger charge is -2.10. The van der Waals surface area contributed by atoms with E-state index in [1.165, 1.54) is 0 Å². The van der Waals surface area contributed by atoms with Crippen LogP contribution in [0, 0.1) is 12.8 Å². The van der Waals surface area contributed by atoms with Gasteiger partial charge in [-0.1, -0.05) is 38.0 Å². The third-order valence-electron chi connectivity index (χ3n) is 2.43. The van der Waals surface area contributed by atoms with Crippen LogP contribution in [0.25, 0.3) is 0 Å². The highest BCUT2D eigenvalue weighted by molar-refractivity contribution is 7.87. The summed E-state index contributed by atoms with van der Waals surface area (Å²) < 4.78 is 28.3. The number of aryl methyl sites for hydroxylation is 1. The van der Waals surface area contributed by atoms with Crippen LogP contribution < -0.4 is 4.18 Å². The molecule has 0 saturated carbocycles. The SMILES string of the molecule is CCC(C)CS(=O)(=O)Oc1ccc(C)cc1. The number of hydrogen-bond donors (Lipinski definition) is 0. The molecule has 0 aliphatic rings. The van der Waals surface area contributed by atoms with Crippen molar-refractivity contribution >= 4 is 10.1 Å². The van der Waals surface area contributed by atoms with Crippen molar-refractivity contribution in [3.8, 4) is 5.75 Å². The van der Waals surface area contributed by atoms with Crippen LogP contribution in [-0.4, -0.2) is 14.2 Å². The molecule has 0 radical (unpaired) electrons. The summed E-state index contributed by atoms with van der Waals surface area (Å²) in [6.45, 7) is 5.81. The Morgan fingerprint density at radius 3 is 2.31 bits per heavy atom. The maximum absolute atomic E-state index is 11.6. The van der Waals surface area contributed by atoms with Gasteiger partial charge in [-0.3, -0.25) is 0 Å². The standard InChI is InChI=1S/C12H18O3S/c1-4-10(2)9-16(13,14)15-12-7-5-11(3)6-8-12/h5-8,10H,4,9H2,1-3H3. The first-order chi connectivity index (χ1) is 7.43. The zero-order chi connectivity index (χ0) is 12.2. The third kappa shape index (κ3) is 4.23. The molecule has 4 heteroatoms. The second-order valence-electron chi connectivity index (χ2n) is 4.13. The summed E-state index contributed by atoms with van der Waals surface area (Å²) in [5.41, 5.74) is 1.08. The molecule has 0 bridgehead atoms. The second kappa shape index (κ2) is 5.34. The predicted octanol–water partition coefficient (Wildman–Crippen LogP) is 2.75. The molecule has 0 aromatic heterocycles. The van der Waals surface area contributed by atoms with Crippen LogP contribution in [0.4, 0.5) is 0 Å². The third-order valence-corrected chi connectivity index (χ3v) is 3.85. The van der Waals surface area contributed by atoms with Crippen LogP contribution in [-0.2, 0) is 10.1 Å². The van der Waals surface area contributed by atoms with Crippen molar-refractivity contribution in [1.82, 2.24) is 0 Å². The van der Waals surface area contributed by atoms with Crippen LogP contribution in [0.15, 0.2) is 24.3 Å². The first-order valence-electron chi connectivity index (χ1n) is 5.42. The topological polar surface area (TPSA) is 43.4 Å². The monoisotopic (exact) mass is 242 g/mol. The van der Waals surface area contributed by atoms with E-state index in [1.54, 1.807) is 12.1 Å². The lowest BCUT2D eigenvalue weighted by Crippen LogP contribution is -2.18. The summed E-state index contributed by atoms with van der Waals surface area (Å²) in [5.74, 6) is 0.571. The molecule has 0 spiro atoms. The first kappa shape index (κ1) is 13.0. The molecule has 3 nitrogen and oxygen atoms in total. The lowest BCUT2D eigenvalue weighted by molar-refractivity contribution is 0.470. The van der Waals surface area contributed by atoms with Gasteiger partial charge in [-0.05, 0) is 25.0 Å².